The monoisotopic (exact) mass is 296 g/mol. The van der Waals surface area contributed by atoms with Crippen LogP contribution in [0.25, 0.3) is 0 Å². The van der Waals surface area contributed by atoms with Gasteiger partial charge in [0.15, 0.2) is 0 Å². The standard InChI is InChI=1S/C13H13FN2O3S/c1-9-12(14)6-10(8-17)7-13(9)20(18,19)16-11-2-4-15-5-3-11/h2-7,17H,8H2,1H3,(H,15,16). The predicted molar refractivity (Wildman–Crippen MR) is 72.1 cm³/mol. The number of aliphatic hydroxyl groups excluding tert-OH is 1. The van der Waals surface area contributed by atoms with Crippen molar-refractivity contribution in [2.24, 2.45) is 0 Å². The fourth-order valence-corrected chi connectivity index (χ4v) is 3.07. The number of anilines is 1. The molecule has 0 aliphatic heterocycles. The third-order valence-electron chi connectivity index (χ3n) is 2.76. The number of aromatic nitrogens is 1. The molecule has 0 radical (unpaired) electrons. The van der Waals surface area contributed by atoms with E-state index in [9.17, 15) is 12.8 Å². The van der Waals surface area contributed by atoms with Crippen LogP contribution in [0.2, 0.25) is 0 Å². The van der Waals surface area contributed by atoms with Gasteiger partial charge in [-0.1, -0.05) is 0 Å². The van der Waals surface area contributed by atoms with Gasteiger partial charge in [-0.3, -0.25) is 9.71 Å². The number of nitrogens with zero attached hydrogens (tertiary/aromatic N) is 1. The number of hydrogen-bond acceptors (Lipinski definition) is 4. The van der Waals surface area contributed by atoms with E-state index in [1.165, 1.54) is 37.5 Å². The van der Waals surface area contributed by atoms with Gasteiger partial charge in [-0.05, 0) is 36.8 Å². The van der Waals surface area contributed by atoms with E-state index in [2.05, 4.69) is 9.71 Å². The summed E-state index contributed by atoms with van der Waals surface area (Å²) in [6.45, 7) is 0.937. The number of hydrogen-bond donors (Lipinski definition) is 2. The highest BCUT2D eigenvalue weighted by molar-refractivity contribution is 7.92. The Balaban J connectivity index is 2.47. The lowest BCUT2D eigenvalue weighted by Gasteiger charge is -2.12. The second-order valence-corrected chi connectivity index (χ2v) is 5.85. The van der Waals surface area contributed by atoms with Crippen molar-refractivity contribution < 1.29 is 17.9 Å². The highest BCUT2D eigenvalue weighted by Gasteiger charge is 2.20. The molecule has 0 unspecified atom stereocenters. The molecule has 20 heavy (non-hydrogen) atoms. The fraction of sp³-hybridized carbons (Fsp3) is 0.154. The van der Waals surface area contributed by atoms with Gasteiger partial charge in [-0.25, -0.2) is 12.8 Å². The maximum Gasteiger partial charge on any atom is 0.262 e. The molecule has 0 bridgehead atoms. The topological polar surface area (TPSA) is 79.3 Å². The van der Waals surface area contributed by atoms with Crippen LogP contribution in [0, 0.1) is 12.7 Å². The van der Waals surface area contributed by atoms with Crippen LogP contribution in [-0.4, -0.2) is 18.5 Å². The fourth-order valence-electron chi connectivity index (χ4n) is 1.71. The Labute approximate surface area is 116 Å². The van der Waals surface area contributed by atoms with Crippen LogP contribution in [-0.2, 0) is 16.6 Å². The average molecular weight is 296 g/mol. The Morgan fingerprint density at radius 1 is 1.30 bits per heavy atom. The molecule has 5 nitrogen and oxygen atoms in total. The summed E-state index contributed by atoms with van der Waals surface area (Å²) in [5.74, 6) is -0.674. The summed E-state index contributed by atoms with van der Waals surface area (Å²) >= 11 is 0. The molecule has 0 aliphatic rings. The molecular formula is C13H13FN2O3S. The van der Waals surface area contributed by atoms with Crippen molar-refractivity contribution in [2.75, 3.05) is 4.72 Å². The van der Waals surface area contributed by atoms with Crippen LogP contribution >= 0.6 is 0 Å². The molecule has 106 valence electrons. The van der Waals surface area contributed by atoms with Crippen molar-refractivity contribution in [1.82, 2.24) is 4.98 Å². The van der Waals surface area contributed by atoms with Gasteiger partial charge in [0.2, 0.25) is 0 Å². The summed E-state index contributed by atoms with van der Waals surface area (Å²) in [6.07, 6.45) is 2.88. The lowest BCUT2D eigenvalue weighted by atomic mass is 10.1. The number of rotatable bonds is 4. The molecule has 0 saturated carbocycles. The first-order chi connectivity index (χ1) is 9.44. The van der Waals surface area contributed by atoms with Crippen LogP contribution in [0.15, 0.2) is 41.6 Å². The summed E-state index contributed by atoms with van der Waals surface area (Å²) in [5, 5.41) is 9.04. The summed E-state index contributed by atoms with van der Waals surface area (Å²) in [7, 11) is -3.93. The van der Waals surface area contributed by atoms with Crippen molar-refractivity contribution in [2.45, 2.75) is 18.4 Å². The summed E-state index contributed by atoms with van der Waals surface area (Å²) in [6, 6.07) is 5.33. The minimum atomic E-state index is -3.93. The minimum Gasteiger partial charge on any atom is -0.392 e. The normalized spacial score (nSPS) is 11.3. The number of benzene rings is 1. The lowest BCUT2D eigenvalue weighted by molar-refractivity contribution is 0.281. The van der Waals surface area contributed by atoms with Crippen molar-refractivity contribution in [3.63, 3.8) is 0 Å². The van der Waals surface area contributed by atoms with E-state index < -0.39 is 22.4 Å². The Morgan fingerprint density at radius 2 is 1.95 bits per heavy atom. The van der Waals surface area contributed by atoms with Gasteiger partial charge in [-0.15, -0.1) is 0 Å². The first-order valence-corrected chi connectivity index (χ1v) is 7.25. The molecule has 0 atom stereocenters. The van der Waals surface area contributed by atoms with Crippen LogP contribution in [0.1, 0.15) is 11.1 Å². The van der Waals surface area contributed by atoms with Gasteiger partial charge in [0, 0.05) is 18.0 Å². The van der Waals surface area contributed by atoms with E-state index in [0.29, 0.717) is 5.69 Å². The Kier molecular flexibility index (Phi) is 4.01. The van der Waals surface area contributed by atoms with Crippen molar-refractivity contribution in [1.29, 1.82) is 0 Å². The summed E-state index contributed by atoms with van der Waals surface area (Å²) < 4.78 is 40.5. The van der Waals surface area contributed by atoms with E-state index in [1.807, 2.05) is 0 Å². The van der Waals surface area contributed by atoms with E-state index in [0.717, 1.165) is 6.07 Å². The smallest absolute Gasteiger partial charge is 0.262 e. The Bertz CT molecular complexity index is 718. The molecule has 0 fully saturated rings. The second-order valence-electron chi connectivity index (χ2n) is 4.20. The van der Waals surface area contributed by atoms with Gasteiger partial charge < -0.3 is 5.11 Å². The average Bonchev–Trinajstić information content (AvgIpc) is 2.42. The predicted octanol–water partition coefficient (Wildman–Crippen LogP) is 1.82. The molecule has 1 heterocycles. The summed E-state index contributed by atoms with van der Waals surface area (Å²) in [4.78, 5) is 3.58. The zero-order valence-corrected chi connectivity index (χ0v) is 11.5. The number of sulfonamides is 1. The molecule has 1 aromatic carbocycles. The van der Waals surface area contributed by atoms with Crippen LogP contribution in [0.3, 0.4) is 0 Å². The SMILES string of the molecule is Cc1c(F)cc(CO)cc1S(=O)(=O)Nc1ccncc1. The third kappa shape index (κ3) is 2.94. The van der Waals surface area contributed by atoms with Gasteiger partial charge in [0.05, 0.1) is 17.2 Å². The van der Waals surface area contributed by atoms with Gasteiger partial charge in [0.25, 0.3) is 10.0 Å². The van der Waals surface area contributed by atoms with E-state index in [4.69, 9.17) is 5.11 Å². The lowest BCUT2D eigenvalue weighted by Crippen LogP contribution is -2.15. The molecular weight excluding hydrogens is 283 g/mol. The molecule has 7 heteroatoms. The highest BCUT2D eigenvalue weighted by atomic mass is 32.2. The zero-order chi connectivity index (χ0) is 14.8. The first kappa shape index (κ1) is 14.4. The third-order valence-corrected chi connectivity index (χ3v) is 4.27. The quantitative estimate of drug-likeness (QED) is 0.902. The number of pyridine rings is 1. The van der Waals surface area contributed by atoms with Gasteiger partial charge in [0.1, 0.15) is 5.82 Å². The molecule has 0 aliphatic carbocycles. The first-order valence-electron chi connectivity index (χ1n) is 5.77. The maximum absolute atomic E-state index is 13.7. The van der Waals surface area contributed by atoms with E-state index >= 15 is 0 Å². The van der Waals surface area contributed by atoms with E-state index in [-0.39, 0.29) is 16.0 Å². The molecule has 2 N–H and O–H groups in total. The number of aliphatic hydroxyl groups is 1. The van der Waals surface area contributed by atoms with Crippen molar-refractivity contribution in [3.8, 4) is 0 Å². The van der Waals surface area contributed by atoms with Crippen LogP contribution in [0.4, 0.5) is 10.1 Å². The summed E-state index contributed by atoms with van der Waals surface area (Å²) in [5.41, 5.74) is 0.529. The van der Waals surface area contributed by atoms with Crippen LogP contribution in [0.5, 0.6) is 0 Å². The Morgan fingerprint density at radius 3 is 2.55 bits per heavy atom. The van der Waals surface area contributed by atoms with Crippen molar-refractivity contribution >= 4 is 15.7 Å². The molecule has 2 aromatic rings. The second kappa shape index (κ2) is 5.56. The minimum absolute atomic E-state index is 0.00348. The highest BCUT2D eigenvalue weighted by Crippen LogP contribution is 2.23. The van der Waals surface area contributed by atoms with E-state index in [1.54, 1.807) is 0 Å². The number of nitrogens with one attached hydrogen (secondary N) is 1. The molecule has 0 spiro atoms. The molecule has 2 rings (SSSR count). The molecule has 0 saturated heterocycles. The number of halogens is 1. The Hall–Kier alpha value is -1.99. The molecule has 0 amide bonds. The van der Waals surface area contributed by atoms with Crippen molar-refractivity contribution in [3.05, 3.63) is 53.6 Å². The van der Waals surface area contributed by atoms with Gasteiger partial charge in [-0.2, -0.15) is 0 Å². The largest absolute Gasteiger partial charge is 0.392 e. The maximum atomic E-state index is 13.7. The zero-order valence-electron chi connectivity index (χ0n) is 10.7. The van der Waals surface area contributed by atoms with Crippen LogP contribution < -0.4 is 4.72 Å². The van der Waals surface area contributed by atoms with Gasteiger partial charge >= 0.3 is 0 Å². The molecule has 1 aromatic heterocycles.